The standard InChI is InChI=1S/C20H22N2O5S2/c1-12(19(25)26)27-15-10-6-5-9-14(15)11-16-18(24)22(20(28)29-16)21-17(23)13-7-3-2-4-8-13/h5-6,9-13H,2-4,7-8H2,1H3,(H,21,23)(H,25,26)/b16-11+. The maximum atomic E-state index is 12.8. The van der Waals surface area contributed by atoms with E-state index in [0.717, 1.165) is 48.9 Å². The minimum atomic E-state index is -1.09. The van der Waals surface area contributed by atoms with Crippen molar-refractivity contribution in [1.82, 2.24) is 10.4 Å². The molecule has 9 heteroatoms. The second-order valence-electron chi connectivity index (χ2n) is 6.96. The molecule has 1 atom stereocenters. The number of thioether (sulfide) groups is 1. The zero-order chi connectivity index (χ0) is 21.0. The summed E-state index contributed by atoms with van der Waals surface area (Å²) in [6, 6.07) is 6.83. The SMILES string of the molecule is CC(Oc1ccccc1/C=C1/SC(=S)N(NC(=O)C2CCCCC2)C1=O)C(=O)O. The number of ether oxygens (including phenoxy) is 1. The van der Waals surface area contributed by atoms with E-state index in [-0.39, 0.29) is 16.1 Å². The van der Waals surface area contributed by atoms with Gasteiger partial charge in [-0.25, -0.2) is 4.79 Å². The number of nitrogens with one attached hydrogen (secondary N) is 1. The van der Waals surface area contributed by atoms with Gasteiger partial charge in [0.25, 0.3) is 5.91 Å². The quantitative estimate of drug-likeness (QED) is 0.524. The summed E-state index contributed by atoms with van der Waals surface area (Å²) in [4.78, 5) is 36.7. The number of carbonyl (C=O) groups excluding carboxylic acids is 2. The first-order chi connectivity index (χ1) is 13.9. The maximum absolute atomic E-state index is 12.8. The number of para-hydroxylation sites is 1. The topological polar surface area (TPSA) is 95.9 Å². The second-order valence-corrected chi connectivity index (χ2v) is 8.64. The van der Waals surface area contributed by atoms with Gasteiger partial charge in [0.15, 0.2) is 10.4 Å². The lowest BCUT2D eigenvalue weighted by molar-refractivity contribution is -0.144. The molecule has 1 aliphatic heterocycles. The Kier molecular flexibility index (Phi) is 6.92. The molecule has 2 aliphatic rings. The number of hydrogen-bond donors (Lipinski definition) is 2. The molecule has 1 aromatic carbocycles. The van der Waals surface area contributed by atoms with E-state index in [1.165, 1.54) is 6.92 Å². The predicted molar refractivity (Wildman–Crippen MR) is 114 cm³/mol. The van der Waals surface area contributed by atoms with Crippen LogP contribution >= 0.6 is 24.0 Å². The number of nitrogens with zero attached hydrogens (tertiary/aromatic N) is 1. The summed E-state index contributed by atoms with van der Waals surface area (Å²) in [7, 11) is 0. The highest BCUT2D eigenvalue weighted by Crippen LogP contribution is 2.34. The number of carboxylic acids is 1. The lowest BCUT2D eigenvalue weighted by Gasteiger charge is -2.23. The van der Waals surface area contributed by atoms with Crippen molar-refractivity contribution >= 4 is 52.2 Å². The Morgan fingerprint density at radius 3 is 2.69 bits per heavy atom. The van der Waals surface area contributed by atoms with Gasteiger partial charge in [-0.2, -0.15) is 5.01 Å². The Bertz CT molecular complexity index is 864. The first-order valence-electron chi connectivity index (χ1n) is 9.43. The zero-order valence-electron chi connectivity index (χ0n) is 15.9. The highest BCUT2D eigenvalue weighted by atomic mass is 32.2. The van der Waals surface area contributed by atoms with Crippen LogP contribution < -0.4 is 10.2 Å². The molecular weight excluding hydrogens is 412 g/mol. The van der Waals surface area contributed by atoms with Gasteiger partial charge in [-0.1, -0.05) is 49.2 Å². The van der Waals surface area contributed by atoms with Gasteiger partial charge in [-0.3, -0.25) is 15.0 Å². The highest BCUT2D eigenvalue weighted by Gasteiger charge is 2.35. The van der Waals surface area contributed by atoms with Gasteiger partial charge in [-0.05, 0) is 44.1 Å². The molecule has 2 N–H and O–H groups in total. The molecule has 0 aromatic heterocycles. The molecule has 0 bridgehead atoms. The van der Waals surface area contributed by atoms with Crippen molar-refractivity contribution in [2.24, 2.45) is 5.92 Å². The molecule has 3 rings (SSSR count). The molecule has 1 heterocycles. The summed E-state index contributed by atoms with van der Waals surface area (Å²) in [5, 5.41) is 10.2. The summed E-state index contributed by atoms with van der Waals surface area (Å²) in [6.07, 6.45) is 5.37. The van der Waals surface area contributed by atoms with Crippen molar-refractivity contribution in [2.45, 2.75) is 45.1 Å². The lowest BCUT2D eigenvalue weighted by atomic mass is 9.89. The van der Waals surface area contributed by atoms with Crippen molar-refractivity contribution in [3.8, 4) is 5.75 Å². The fourth-order valence-corrected chi connectivity index (χ4v) is 4.39. The Morgan fingerprint density at radius 1 is 1.31 bits per heavy atom. The minimum absolute atomic E-state index is 0.0935. The van der Waals surface area contributed by atoms with E-state index in [0.29, 0.717) is 16.2 Å². The summed E-state index contributed by atoms with van der Waals surface area (Å²) in [5.41, 5.74) is 3.21. The number of aliphatic carboxylic acids is 1. The van der Waals surface area contributed by atoms with Gasteiger partial charge in [0.05, 0.1) is 4.91 Å². The molecular formula is C20H22N2O5S2. The van der Waals surface area contributed by atoms with Crippen LogP contribution in [0.5, 0.6) is 5.75 Å². The number of hydrogen-bond acceptors (Lipinski definition) is 6. The smallest absolute Gasteiger partial charge is 0.344 e. The van der Waals surface area contributed by atoms with Crippen LogP contribution in [0.3, 0.4) is 0 Å². The van der Waals surface area contributed by atoms with E-state index < -0.39 is 18.0 Å². The van der Waals surface area contributed by atoms with Gasteiger partial charge < -0.3 is 9.84 Å². The monoisotopic (exact) mass is 434 g/mol. The molecule has 0 spiro atoms. The van der Waals surface area contributed by atoms with E-state index in [2.05, 4.69) is 5.43 Å². The summed E-state index contributed by atoms with van der Waals surface area (Å²) in [5.74, 6) is -1.43. The molecule has 1 unspecified atom stereocenters. The van der Waals surface area contributed by atoms with Crippen molar-refractivity contribution in [3.63, 3.8) is 0 Å². The average molecular weight is 435 g/mol. The number of carbonyl (C=O) groups is 3. The average Bonchev–Trinajstić information content (AvgIpc) is 2.97. The van der Waals surface area contributed by atoms with Crippen molar-refractivity contribution < 1.29 is 24.2 Å². The van der Waals surface area contributed by atoms with Crippen molar-refractivity contribution in [3.05, 3.63) is 34.7 Å². The van der Waals surface area contributed by atoms with Crippen LogP contribution in [0.1, 0.15) is 44.6 Å². The summed E-state index contributed by atoms with van der Waals surface area (Å²) >= 11 is 6.35. The van der Waals surface area contributed by atoms with Crippen LogP contribution in [-0.2, 0) is 14.4 Å². The normalized spacial score (nSPS) is 20.0. The maximum Gasteiger partial charge on any atom is 0.344 e. The molecule has 154 valence electrons. The van der Waals surface area contributed by atoms with E-state index in [4.69, 9.17) is 22.1 Å². The number of amides is 2. The Morgan fingerprint density at radius 2 is 2.00 bits per heavy atom. The van der Waals surface area contributed by atoms with Gasteiger partial charge in [0, 0.05) is 11.5 Å². The molecule has 7 nitrogen and oxygen atoms in total. The van der Waals surface area contributed by atoms with Crippen LogP contribution in [0.15, 0.2) is 29.2 Å². The Balaban J connectivity index is 1.74. The number of benzene rings is 1. The molecule has 1 saturated heterocycles. The second kappa shape index (κ2) is 9.41. The number of carboxylic acid groups (broad SMARTS) is 1. The van der Waals surface area contributed by atoms with E-state index in [9.17, 15) is 14.4 Å². The first kappa shape index (κ1) is 21.3. The third kappa shape index (κ3) is 5.16. The third-order valence-corrected chi connectivity index (χ3v) is 6.15. The first-order valence-corrected chi connectivity index (χ1v) is 10.7. The van der Waals surface area contributed by atoms with Gasteiger partial charge in [0.2, 0.25) is 5.91 Å². The largest absolute Gasteiger partial charge is 0.479 e. The molecule has 2 fully saturated rings. The number of thiocarbonyl (C=S) groups is 1. The molecule has 0 radical (unpaired) electrons. The van der Waals surface area contributed by atoms with Gasteiger partial charge in [0.1, 0.15) is 5.75 Å². The van der Waals surface area contributed by atoms with E-state index in [1.54, 1.807) is 30.3 Å². The molecule has 29 heavy (non-hydrogen) atoms. The van der Waals surface area contributed by atoms with Crippen molar-refractivity contribution in [2.75, 3.05) is 0 Å². The van der Waals surface area contributed by atoms with Crippen LogP contribution in [-0.4, -0.2) is 38.3 Å². The van der Waals surface area contributed by atoms with E-state index >= 15 is 0 Å². The van der Waals surface area contributed by atoms with Crippen LogP contribution in [0.4, 0.5) is 0 Å². The van der Waals surface area contributed by atoms with E-state index in [1.807, 2.05) is 0 Å². The van der Waals surface area contributed by atoms with Gasteiger partial charge >= 0.3 is 5.97 Å². The minimum Gasteiger partial charge on any atom is -0.479 e. The summed E-state index contributed by atoms with van der Waals surface area (Å²) in [6.45, 7) is 1.43. The van der Waals surface area contributed by atoms with Crippen LogP contribution in [0.2, 0.25) is 0 Å². The van der Waals surface area contributed by atoms with Crippen LogP contribution in [0.25, 0.3) is 6.08 Å². The van der Waals surface area contributed by atoms with Crippen LogP contribution in [0, 0.1) is 5.92 Å². The predicted octanol–water partition coefficient (Wildman–Crippen LogP) is 3.35. The highest BCUT2D eigenvalue weighted by molar-refractivity contribution is 8.26. The number of hydrazine groups is 1. The Hall–Kier alpha value is -2.39. The molecule has 1 aromatic rings. The zero-order valence-corrected chi connectivity index (χ0v) is 17.6. The summed E-state index contributed by atoms with van der Waals surface area (Å²) < 4.78 is 5.72. The fraction of sp³-hybridized carbons (Fsp3) is 0.400. The third-order valence-electron chi connectivity index (χ3n) is 4.85. The lowest BCUT2D eigenvalue weighted by Crippen LogP contribution is -2.47. The molecule has 1 aliphatic carbocycles. The Labute approximate surface area is 178 Å². The fourth-order valence-electron chi connectivity index (χ4n) is 3.22. The molecule has 2 amide bonds. The van der Waals surface area contributed by atoms with Gasteiger partial charge in [-0.15, -0.1) is 0 Å². The molecule has 1 saturated carbocycles. The van der Waals surface area contributed by atoms with Crippen molar-refractivity contribution in [1.29, 1.82) is 0 Å². The number of rotatable bonds is 6.